The second-order valence-electron chi connectivity index (χ2n) is 7.82. The molecule has 3 aromatic rings. The Kier molecular flexibility index (Phi) is 5.44. The molecule has 2 amide bonds. The van der Waals surface area contributed by atoms with Gasteiger partial charge in [-0.05, 0) is 76.4 Å². The van der Waals surface area contributed by atoms with Gasteiger partial charge in [0.1, 0.15) is 6.04 Å². The van der Waals surface area contributed by atoms with Crippen LogP contribution in [0.1, 0.15) is 46.8 Å². The summed E-state index contributed by atoms with van der Waals surface area (Å²) in [6, 6.07) is 10.8. The zero-order valence-corrected chi connectivity index (χ0v) is 17.5. The Balaban J connectivity index is 1.48. The smallest absolute Gasteiger partial charge is 0.290 e. The minimum Gasteiger partial charge on any atom is -0.459 e. The third-order valence-electron chi connectivity index (χ3n) is 5.51. The van der Waals surface area contributed by atoms with Gasteiger partial charge < -0.3 is 14.6 Å². The van der Waals surface area contributed by atoms with Crippen molar-refractivity contribution >= 4 is 17.5 Å². The van der Waals surface area contributed by atoms with Gasteiger partial charge in [0.25, 0.3) is 5.91 Å². The van der Waals surface area contributed by atoms with E-state index < -0.39 is 6.04 Å². The van der Waals surface area contributed by atoms with Crippen LogP contribution in [-0.4, -0.2) is 39.1 Å². The second-order valence-corrected chi connectivity index (χ2v) is 7.82. The van der Waals surface area contributed by atoms with Gasteiger partial charge in [-0.1, -0.05) is 0 Å². The van der Waals surface area contributed by atoms with Crippen LogP contribution in [0.5, 0.6) is 0 Å². The standard InChI is InChI=1S/C23H26N4O3/c1-15-11-13-30-21(15)23(29)26-12-5-4-6-20(26)22(28)24-18-7-9-19(10-8-18)27-17(3)14-16(2)25-27/h7-11,13-14,20H,4-6,12H2,1-3H3,(H,24,28)/t20-/m1/s1. The fourth-order valence-corrected chi connectivity index (χ4v) is 3.97. The van der Waals surface area contributed by atoms with Crippen LogP contribution in [0, 0.1) is 20.8 Å². The lowest BCUT2D eigenvalue weighted by molar-refractivity contribution is -0.121. The molecule has 156 valence electrons. The number of anilines is 1. The van der Waals surface area contributed by atoms with E-state index in [-0.39, 0.29) is 11.8 Å². The lowest BCUT2D eigenvalue weighted by Gasteiger charge is -2.34. The van der Waals surface area contributed by atoms with Crippen molar-refractivity contribution in [1.82, 2.24) is 14.7 Å². The zero-order chi connectivity index (χ0) is 21.3. The number of furan rings is 1. The van der Waals surface area contributed by atoms with Crippen LogP contribution < -0.4 is 5.32 Å². The molecule has 2 aromatic heterocycles. The number of aryl methyl sites for hydroxylation is 3. The first-order chi connectivity index (χ1) is 14.4. The fourth-order valence-electron chi connectivity index (χ4n) is 3.97. The highest BCUT2D eigenvalue weighted by Gasteiger charge is 2.34. The Morgan fingerprint density at radius 1 is 1.10 bits per heavy atom. The van der Waals surface area contributed by atoms with E-state index in [0.29, 0.717) is 24.4 Å². The van der Waals surface area contributed by atoms with Crippen LogP contribution in [0.25, 0.3) is 5.69 Å². The molecule has 0 radical (unpaired) electrons. The third kappa shape index (κ3) is 3.87. The minimum absolute atomic E-state index is 0.175. The maximum atomic E-state index is 13.0. The number of carbonyl (C=O) groups is 2. The summed E-state index contributed by atoms with van der Waals surface area (Å²) in [7, 11) is 0. The van der Waals surface area contributed by atoms with Crippen molar-refractivity contribution in [3.8, 4) is 5.69 Å². The van der Waals surface area contributed by atoms with E-state index in [2.05, 4.69) is 10.4 Å². The van der Waals surface area contributed by atoms with Crippen LogP contribution in [0.15, 0.2) is 47.1 Å². The molecule has 7 nitrogen and oxygen atoms in total. The predicted octanol–water partition coefficient (Wildman–Crippen LogP) is 4.02. The zero-order valence-electron chi connectivity index (χ0n) is 17.5. The highest BCUT2D eigenvalue weighted by molar-refractivity contribution is 6.00. The molecule has 1 aromatic carbocycles. The molecule has 4 rings (SSSR count). The average molecular weight is 406 g/mol. The van der Waals surface area contributed by atoms with Crippen LogP contribution in [0.3, 0.4) is 0 Å². The Morgan fingerprint density at radius 2 is 1.87 bits per heavy atom. The highest BCUT2D eigenvalue weighted by Crippen LogP contribution is 2.23. The number of nitrogens with one attached hydrogen (secondary N) is 1. The van der Waals surface area contributed by atoms with Crippen molar-refractivity contribution in [2.75, 3.05) is 11.9 Å². The van der Waals surface area contributed by atoms with Gasteiger partial charge in [-0.3, -0.25) is 9.59 Å². The number of benzene rings is 1. The molecule has 0 unspecified atom stereocenters. The predicted molar refractivity (Wildman–Crippen MR) is 114 cm³/mol. The van der Waals surface area contributed by atoms with E-state index >= 15 is 0 Å². The molecule has 0 aliphatic carbocycles. The van der Waals surface area contributed by atoms with Crippen LogP contribution in [0.2, 0.25) is 0 Å². The van der Waals surface area contributed by atoms with Gasteiger partial charge in [0.15, 0.2) is 5.76 Å². The minimum atomic E-state index is -0.508. The Morgan fingerprint density at radius 3 is 2.50 bits per heavy atom. The molecular formula is C23H26N4O3. The van der Waals surface area contributed by atoms with Gasteiger partial charge in [-0.15, -0.1) is 0 Å². The largest absolute Gasteiger partial charge is 0.459 e. The molecule has 30 heavy (non-hydrogen) atoms. The first kappa shape index (κ1) is 19.9. The third-order valence-corrected chi connectivity index (χ3v) is 5.51. The number of piperidine rings is 1. The summed E-state index contributed by atoms with van der Waals surface area (Å²) in [5, 5.41) is 7.44. The molecule has 1 saturated heterocycles. The van der Waals surface area contributed by atoms with E-state index in [1.165, 1.54) is 6.26 Å². The summed E-state index contributed by atoms with van der Waals surface area (Å²) >= 11 is 0. The van der Waals surface area contributed by atoms with Crippen molar-refractivity contribution < 1.29 is 14.0 Å². The maximum Gasteiger partial charge on any atom is 0.290 e. The summed E-state index contributed by atoms with van der Waals surface area (Å²) in [6.45, 7) is 6.35. The van der Waals surface area contributed by atoms with Gasteiger partial charge in [0.05, 0.1) is 17.6 Å². The van der Waals surface area contributed by atoms with Gasteiger partial charge >= 0.3 is 0 Å². The molecular weight excluding hydrogens is 380 g/mol. The molecule has 3 heterocycles. The second kappa shape index (κ2) is 8.18. The number of aromatic nitrogens is 2. The Labute approximate surface area is 175 Å². The molecule has 1 aliphatic heterocycles. The van der Waals surface area contributed by atoms with Crippen molar-refractivity contribution in [2.24, 2.45) is 0 Å². The maximum absolute atomic E-state index is 13.0. The highest BCUT2D eigenvalue weighted by atomic mass is 16.3. The summed E-state index contributed by atoms with van der Waals surface area (Å²) in [4.78, 5) is 27.6. The average Bonchev–Trinajstić information content (AvgIpc) is 3.32. The number of rotatable bonds is 4. The summed E-state index contributed by atoms with van der Waals surface area (Å²) in [5.74, 6) is -0.0905. The number of nitrogens with zero attached hydrogens (tertiary/aromatic N) is 3. The number of likely N-dealkylation sites (tertiary alicyclic amines) is 1. The van der Waals surface area contributed by atoms with E-state index in [4.69, 9.17) is 4.42 Å². The van der Waals surface area contributed by atoms with Crippen LogP contribution in [-0.2, 0) is 4.79 Å². The molecule has 7 heteroatoms. The lowest BCUT2D eigenvalue weighted by atomic mass is 10.0. The molecule has 1 N–H and O–H groups in total. The molecule has 0 spiro atoms. The molecule has 0 bridgehead atoms. The van der Waals surface area contributed by atoms with Gasteiger partial charge in [-0.2, -0.15) is 5.10 Å². The summed E-state index contributed by atoms with van der Waals surface area (Å²) in [5.41, 5.74) is 4.41. The van der Waals surface area contributed by atoms with Crippen molar-refractivity contribution in [3.63, 3.8) is 0 Å². The van der Waals surface area contributed by atoms with E-state index in [0.717, 1.165) is 35.5 Å². The first-order valence-electron chi connectivity index (χ1n) is 10.2. The number of hydrogen-bond acceptors (Lipinski definition) is 4. The summed E-state index contributed by atoms with van der Waals surface area (Å²) in [6.07, 6.45) is 3.94. The first-order valence-corrected chi connectivity index (χ1v) is 10.2. The monoisotopic (exact) mass is 406 g/mol. The molecule has 1 aliphatic rings. The summed E-state index contributed by atoms with van der Waals surface area (Å²) < 4.78 is 7.23. The Hall–Kier alpha value is -3.35. The lowest BCUT2D eigenvalue weighted by Crippen LogP contribution is -2.50. The van der Waals surface area contributed by atoms with Crippen molar-refractivity contribution in [2.45, 2.75) is 46.1 Å². The van der Waals surface area contributed by atoms with E-state index in [1.54, 1.807) is 11.0 Å². The Bertz CT molecular complexity index is 1060. The normalized spacial score (nSPS) is 16.5. The van der Waals surface area contributed by atoms with Gasteiger partial charge in [0, 0.05) is 23.5 Å². The number of hydrogen-bond donors (Lipinski definition) is 1. The fraction of sp³-hybridized carbons (Fsp3) is 0.348. The molecule has 0 saturated carbocycles. The number of amides is 2. The quantitative estimate of drug-likeness (QED) is 0.710. The number of carbonyl (C=O) groups excluding carboxylic acids is 2. The van der Waals surface area contributed by atoms with Crippen molar-refractivity contribution in [1.29, 1.82) is 0 Å². The van der Waals surface area contributed by atoms with Gasteiger partial charge in [-0.25, -0.2) is 4.68 Å². The van der Waals surface area contributed by atoms with Crippen LogP contribution in [0.4, 0.5) is 5.69 Å². The molecule has 1 fully saturated rings. The van der Waals surface area contributed by atoms with Crippen molar-refractivity contribution in [3.05, 3.63) is 65.4 Å². The SMILES string of the molecule is Cc1cc(C)n(-c2ccc(NC(=O)[C@H]3CCCCN3C(=O)c3occc3C)cc2)n1. The van der Waals surface area contributed by atoms with Gasteiger partial charge in [0.2, 0.25) is 5.91 Å². The topological polar surface area (TPSA) is 80.4 Å². The van der Waals surface area contributed by atoms with Crippen LogP contribution >= 0.6 is 0 Å². The van der Waals surface area contributed by atoms with E-state index in [1.807, 2.05) is 55.8 Å². The van der Waals surface area contributed by atoms with E-state index in [9.17, 15) is 9.59 Å². The molecule has 1 atom stereocenters.